The van der Waals surface area contributed by atoms with Crippen LogP contribution in [-0.4, -0.2) is 45.3 Å². The smallest absolute Gasteiger partial charge is 0.259 e. The van der Waals surface area contributed by atoms with Crippen LogP contribution in [0.4, 0.5) is 11.4 Å². The van der Waals surface area contributed by atoms with Crippen LogP contribution in [0.5, 0.6) is 5.75 Å². The second-order valence-corrected chi connectivity index (χ2v) is 8.95. The number of para-hydroxylation sites is 3. The number of ether oxygens (including phenoxy) is 1. The Morgan fingerprint density at radius 2 is 1.73 bits per heavy atom. The molecule has 0 saturated heterocycles. The number of thioether (sulfide) groups is 1. The number of benzene rings is 3. The van der Waals surface area contributed by atoms with E-state index in [1.807, 2.05) is 59.2 Å². The standard InChI is InChI=1S/C26H22N6O4S/c1-36-21-10-6-5-9-20(21)27-14-22-30-31-26(32(22)17-7-3-2-4-8-17)37-15-23(33)28-16-11-12-18-19(13-16)25(35)29-24(18)34/h2-13,27H,14-15H2,1H3,(H,28,33)(H,29,34,35). The van der Waals surface area contributed by atoms with E-state index in [1.165, 1.54) is 23.9 Å². The first-order valence-corrected chi connectivity index (χ1v) is 12.3. The van der Waals surface area contributed by atoms with Crippen molar-refractivity contribution in [1.82, 2.24) is 20.1 Å². The van der Waals surface area contributed by atoms with Gasteiger partial charge < -0.3 is 15.4 Å². The van der Waals surface area contributed by atoms with Gasteiger partial charge >= 0.3 is 0 Å². The van der Waals surface area contributed by atoms with Crippen molar-refractivity contribution in [2.24, 2.45) is 0 Å². The van der Waals surface area contributed by atoms with Crippen LogP contribution in [0.25, 0.3) is 5.69 Å². The molecule has 3 amide bonds. The largest absolute Gasteiger partial charge is 0.495 e. The van der Waals surface area contributed by atoms with Gasteiger partial charge in [-0.1, -0.05) is 42.1 Å². The number of carbonyl (C=O) groups is 3. The summed E-state index contributed by atoms with van der Waals surface area (Å²) in [6.07, 6.45) is 0. The van der Waals surface area contributed by atoms with Crippen molar-refractivity contribution < 1.29 is 19.1 Å². The molecule has 1 aromatic heterocycles. The highest BCUT2D eigenvalue weighted by molar-refractivity contribution is 7.99. The number of hydrogen-bond acceptors (Lipinski definition) is 8. The number of imide groups is 1. The van der Waals surface area contributed by atoms with Gasteiger partial charge in [0.2, 0.25) is 5.91 Å². The minimum atomic E-state index is -0.476. The van der Waals surface area contributed by atoms with Gasteiger partial charge in [0.15, 0.2) is 11.0 Å². The summed E-state index contributed by atoms with van der Waals surface area (Å²) in [5.74, 6) is 0.237. The monoisotopic (exact) mass is 514 g/mol. The average Bonchev–Trinajstić information content (AvgIpc) is 3.46. The molecule has 11 heteroatoms. The lowest BCUT2D eigenvalue weighted by atomic mass is 10.1. The molecule has 0 saturated carbocycles. The van der Waals surface area contributed by atoms with Gasteiger partial charge in [0.25, 0.3) is 11.8 Å². The highest BCUT2D eigenvalue weighted by atomic mass is 32.2. The number of rotatable bonds is 9. The molecule has 2 heterocycles. The van der Waals surface area contributed by atoms with E-state index in [0.717, 1.165) is 11.4 Å². The second kappa shape index (κ2) is 10.5. The molecule has 0 unspecified atom stereocenters. The zero-order valence-corrected chi connectivity index (χ0v) is 20.5. The second-order valence-electron chi connectivity index (χ2n) is 8.00. The molecule has 0 fully saturated rings. The molecular weight excluding hydrogens is 492 g/mol. The molecule has 10 nitrogen and oxygen atoms in total. The summed E-state index contributed by atoms with van der Waals surface area (Å²) in [6, 6.07) is 21.8. The quantitative estimate of drug-likeness (QED) is 0.229. The number of amides is 3. The first-order chi connectivity index (χ1) is 18.0. The van der Waals surface area contributed by atoms with Crippen LogP contribution >= 0.6 is 11.8 Å². The van der Waals surface area contributed by atoms with Crippen molar-refractivity contribution in [2.45, 2.75) is 11.7 Å². The normalized spacial score (nSPS) is 12.1. The van der Waals surface area contributed by atoms with Crippen molar-refractivity contribution in [1.29, 1.82) is 0 Å². The Kier molecular flexibility index (Phi) is 6.86. The van der Waals surface area contributed by atoms with E-state index in [0.29, 0.717) is 34.5 Å². The SMILES string of the molecule is COc1ccccc1NCc1nnc(SCC(=O)Nc2ccc3c(c2)C(=O)NC3=O)n1-c1ccccc1. The predicted octanol–water partition coefficient (Wildman–Crippen LogP) is 3.50. The molecule has 5 rings (SSSR count). The van der Waals surface area contributed by atoms with E-state index in [2.05, 4.69) is 26.1 Å². The van der Waals surface area contributed by atoms with E-state index in [1.54, 1.807) is 13.2 Å². The van der Waals surface area contributed by atoms with E-state index in [-0.39, 0.29) is 17.2 Å². The highest BCUT2D eigenvalue weighted by Gasteiger charge is 2.27. The summed E-state index contributed by atoms with van der Waals surface area (Å²) in [5.41, 5.74) is 2.65. The Labute approximate surface area is 216 Å². The summed E-state index contributed by atoms with van der Waals surface area (Å²) in [5, 5.41) is 17.6. The van der Waals surface area contributed by atoms with E-state index in [4.69, 9.17) is 4.74 Å². The van der Waals surface area contributed by atoms with Gasteiger partial charge in [-0.25, -0.2) is 0 Å². The van der Waals surface area contributed by atoms with E-state index in [9.17, 15) is 14.4 Å². The number of methoxy groups -OCH3 is 1. The van der Waals surface area contributed by atoms with Crippen molar-refractivity contribution in [3.63, 3.8) is 0 Å². The zero-order valence-electron chi connectivity index (χ0n) is 19.7. The molecule has 3 aromatic carbocycles. The fourth-order valence-electron chi connectivity index (χ4n) is 3.88. The van der Waals surface area contributed by atoms with Crippen LogP contribution < -0.4 is 20.7 Å². The predicted molar refractivity (Wildman–Crippen MR) is 139 cm³/mol. The third kappa shape index (κ3) is 5.16. The summed E-state index contributed by atoms with van der Waals surface area (Å²) >= 11 is 1.24. The molecule has 186 valence electrons. The van der Waals surface area contributed by atoms with Gasteiger partial charge in [-0.05, 0) is 42.5 Å². The Morgan fingerprint density at radius 1 is 0.973 bits per heavy atom. The Bertz CT molecular complexity index is 1490. The molecule has 0 radical (unpaired) electrons. The molecule has 4 aromatic rings. The van der Waals surface area contributed by atoms with Crippen molar-refractivity contribution in [3.8, 4) is 11.4 Å². The summed E-state index contributed by atoms with van der Waals surface area (Å²) in [4.78, 5) is 36.3. The van der Waals surface area contributed by atoms with Crippen LogP contribution in [0.15, 0.2) is 78.0 Å². The van der Waals surface area contributed by atoms with Gasteiger partial charge in [-0.15, -0.1) is 10.2 Å². The third-order valence-corrected chi connectivity index (χ3v) is 6.54. The fraction of sp³-hybridized carbons (Fsp3) is 0.115. The fourth-order valence-corrected chi connectivity index (χ4v) is 4.65. The van der Waals surface area contributed by atoms with Crippen LogP contribution in [0.3, 0.4) is 0 Å². The van der Waals surface area contributed by atoms with Gasteiger partial charge in [0.1, 0.15) is 5.75 Å². The van der Waals surface area contributed by atoms with Gasteiger partial charge in [0, 0.05) is 11.4 Å². The molecule has 0 bridgehead atoms. The molecule has 1 aliphatic rings. The summed E-state index contributed by atoms with van der Waals surface area (Å²) in [7, 11) is 1.61. The number of hydrogen-bond donors (Lipinski definition) is 3. The van der Waals surface area contributed by atoms with E-state index >= 15 is 0 Å². The maximum absolute atomic E-state index is 12.7. The maximum Gasteiger partial charge on any atom is 0.259 e. The average molecular weight is 515 g/mol. The van der Waals surface area contributed by atoms with E-state index < -0.39 is 11.8 Å². The Hall–Kier alpha value is -4.64. The summed E-state index contributed by atoms with van der Waals surface area (Å²) < 4.78 is 7.31. The molecule has 0 atom stereocenters. The van der Waals surface area contributed by atoms with Gasteiger partial charge in [-0.2, -0.15) is 0 Å². The maximum atomic E-state index is 12.7. The lowest BCUT2D eigenvalue weighted by molar-refractivity contribution is -0.113. The minimum absolute atomic E-state index is 0.0626. The molecule has 1 aliphatic heterocycles. The van der Waals surface area contributed by atoms with Crippen LogP contribution in [-0.2, 0) is 11.3 Å². The first-order valence-electron chi connectivity index (χ1n) is 11.3. The number of nitrogens with zero attached hydrogens (tertiary/aromatic N) is 3. The third-order valence-electron chi connectivity index (χ3n) is 5.61. The Balaban J connectivity index is 1.30. The highest BCUT2D eigenvalue weighted by Crippen LogP contribution is 2.26. The van der Waals surface area contributed by atoms with Crippen molar-refractivity contribution in [2.75, 3.05) is 23.5 Å². The van der Waals surface area contributed by atoms with Crippen LogP contribution in [0.2, 0.25) is 0 Å². The number of aromatic nitrogens is 3. The summed E-state index contributed by atoms with van der Waals surface area (Å²) in [6.45, 7) is 0.380. The molecular formula is C26H22N6O4S. The molecule has 0 spiro atoms. The van der Waals surface area contributed by atoms with Crippen molar-refractivity contribution in [3.05, 3.63) is 89.7 Å². The van der Waals surface area contributed by atoms with Gasteiger partial charge in [0.05, 0.1) is 36.2 Å². The molecule has 37 heavy (non-hydrogen) atoms. The Morgan fingerprint density at radius 3 is 2.54 bits per heavy atom. The van der Waals surface area contributed by atoms with Crippen LogP contribution in [0.1, 0.15) is 26.5 Å². The number of carbonyl (C=O) groups excluding carboxylic acids is 3. The lowest BCUT2D eigenvalue weighted by Gasteiger charge is -2.13. The number of fused-ring (bicyclic) bond motifs is 1. The number of anilines is 2. The first kappa shape index (κ1) is 24.1. The van der Waals surface area contributed by atoms with Gasteiger partial charge in [-0.3, -0.25) is 24.3 Å². The topological polar surface area (TPSA) is 127 Å². The molecule has 0 aliphatic carbocycles. The number of nitrogens with one attached hydrogen (secondary N) is 3. The minimum Gasteiger partial charge on any atom is -0.495 e. The van der Waals surface area contributed by atoms with Crippen LogP contribution in [0, 0.1) is 0 Å². The van der Waals surface area contributed by atoms with Crippen molar-refractivity contribution >= 4 is 40.9 Å². The molecule has 3 N–H and O–H groups in total. The lowest BCUT2D eigenvalue weighted by Crippen LogP contribution is -2.19. The zero-order chi connectivity index (χ0) is 25.8.